The number of nitrogens with zero attached hydrogens (tertiary/aromatic N) is 1. The van der Waals surface area contributed by atoms with E-state index in [2.05, 4.69) is 46.4 Å². The normalized spacial score (nSPS) is 21.7. The Balaban J connectivity index is 2.27. The fourth-order valence-electron chi connectivity index (χ4n) is 2.11. The minimum absolute atomic E-state index is 0.383. The second kappa shape index (κ2) is 3.27. The lowest BCUT2D eigenvalue weighted by atomic mass is 9.79. The van der Waals surface area contributed by atoms with Gasteiger partial charge >= 0.3 is 0 Å². The molecule has 13 heavy (non-hydrogen) atoms. The molecule has 1 rings (SSSR count). The predicted octanol–water partition coefficient (Wildman–Crippen LogP) is 3.15. The summed E-state index contributed by atoms with van der Waals surface area (Å²) in [4.78, 5) is 2.57. The summed E-state index contributed by atoms with van der Waals surface area (Å²) >= 11 is 0. The third-order valence-corrected chi connectivity index (χ3v) is 2.81. The standard InChI is InChI=1S/C12H25N/c1-11(2,3)7-10-8-13(9-10)12(4,5)6/h10H,7-9H2,1-6H3. The van der Waals surface area contributed by atoms with Crippen molar-refractivity contribution >= 4 is 0 Å². The van der Waals surface area contributed by atoms with Gasteiger partial charge in [0.2, 0.25) is 0 Å². The van der Waals surface area contributed by atoms with Crippen LogP contribution in [0.2, 0.25) is 0 Å². The Labute approximate surface area is 83.5 Å². The summed E-state index contributed by atoms with van der Waals surface area (Å²) in [6.07, 6.45) is 1.37. The van der Waals surface area contributed by atoms with Crippen molar-refractivity contribution in [3.8, 4) is 0 Å². The highest BCUT2D eigenvalue weighted by Gasteiger charge is 2.35. The average molecular weight is 183 g/mol. The van der Waals surface area contributed by atoms with E-state index in [0.29, 0.717) is 11.0 Å². The van der Waals surface area contributed by atoms with E-state index in [-0.39, 0.29) is 0 Å². The van der Waals surface area contributed by atoms with Crippen molar-refractivity contribution < 1.29 is 0 Å². The Morgan fingerprint density at radius 1 is 1.00 bits per heavy atom. The van der Waals surface area contributed by atoms with E-state index in [1.54, 1.807) is 0 Å². The Morgan fingerprint density at radius 2 is 1.46 bits per heavy atom. The molecule has 1 saturated heterocycles. The molecule has 0 aromatic heterocycles. The van der Waals surface area contributed by atoms with Gasteiger partial charge in [-0.2, -0.15) is 0 Å². The van der Waals surface area contributed by atoms with Crippen LogP contribution in [0.3, 0.4) is 0 Å². The molecule has 0 saturated carbocycles. The van der Waals surface area contributed by atoms with E-state index in [9.17, 15) is 0 Å². The summed E-state index contributed by atoms with van der Waals surface area (Å²) in [7, 11) is 0. The average Bonchev–Trinajstić information content (AvgIpc) is 1.71. The first-order chi connectivity index (χ1) is 5.68. The maximum atomic E-state index is 2.57. The first-order valence-corrected chi connectivity index (χ1v) is 5.43. The molecule has 1 aliphatic heterocycles. The fraction of sp³-hybridized carbons (Fsp3) is 1.00. The molecule has 78 valence electrons. The van der Waals surface area contributed by atoms with Crippen LogP contribution in [0, 0.1) is 11.3 Å². The Hall–Kier alpha value is -0.0400. The zero-order valence-corrected chi connectivity index (χ0v) is 10.1. The van der Waals surface area contributed by atoms with Crippen molar-refractivity contribution in [3.63, 3.8) is 0 Å². The van der Waals surface area contributed by atoms with Gasteiger partial charge in [-0.3, -0.25) is 4.90 Å². The van der Waals surface area contributed by atoms with Crippen LogP contribution in [-0.2, 0) is 0 Å². The van der Waals surface area contributed by atoms with Crippen molar-refractivity contribution in [2.24, 2.45) is 11.3 Å². The van der Waals surface area contributed by atoms with E-state index < -0.39 is 0 Å². The van der Waals surface area contributed by atoms with Crippen LogP contribution >= 0.6 is 0 Å². The van der Waals surface area contributed by atoms with Crippen LogP contribution in [0.25, 0.3) is 0 Å². The Kier molecular flexibility index (Phi) is 2.78. The Bertz CT molecular complexity index is 165. The summed E-state index contributed by atoms with van der Waals surface area (Å²) in [5.74, 6) is 0.944. The molecule has 1 nitrogen and oxygen atoms in total. The van der Waals surface area contributed by atoms with Gasteiger partial charge < -0.3 is 0 Å². The van der Waals surface area contributed by atoms with Crippen LogP contribution < -0.4 is 0 Å². The summed E-state index contributed by atoms with van der Waals surface area (Å²) in [5, 5.41) is 0. The van der Waals surface area contributed by atoms with E-state index in [1.807, 2.05) is 0 Å². The molecule has 0 spiro atoms. The lowest BCUT2D eigenvalue weighted by Crippen LogP contribution is -2.56. The molecular weight excluding hydrogens is 158 g/mol. The van der Waals surface area contributed by atoms with E-state index >= 15 is 0 Å². The number of hydrogen-bond donors (Lipinski definition) is 0. The van der Waals surface area contributed by atoms with Gasteiger partial charge in [-0.1, -0.05) is 20.8 Å². The first-order valence-electron chi connectivity index (χ1n) is 5.43. The molecule has 1 aliphatic rings. The highest BCUT2D eigenvalue weighted by molar-refractivity contribution is 4.90. The molecule has 1 heteroatoms. The zero-order valence-electron chi connectivity index (χ0n) is 10.1. The second-order valence-electron chi connectivity index (χ2n) is 6.71. The van der Waals surface area contributed by atoms with Crippen molar-refractivity contribution in [1.29, 1.82) is 0 Å². The summed E-state index contributed by atoms with van der Waals surface area (Å²) in [6.45, 7) is 16.6. The topological polar surface area (TPSA) is 3.24 Å². The highest BCUT2D eigenvalue weighted by Crippen LogP contribution is 2.33. The largest absolute Gasteiger partial charge is 0.298 e. The summed E-state index contributed by atoms with van der Waals surface area (Å²) in [6, 6.07) is 0. The van der Waals surface area contributed by atoms with E-state index in [4.69, 9.17) is 0 Å². The third-order valence-electron chi connectivity index (χ3n) is 2.81. The first kappa shape index (κ1) is 11.0. The van der Waals surface area contributed by atoms with Crippen molar-refractivity contribution in [3.05, 3.63) is 0 Å². The van der Waals surface area contributed by atoms with Gasteiger partial charge in [-0.25, -0.2) is 0 Å². The van der Waals surface area contributed by atoms with Gasteiger partial charge in [0.1, 0.15) is 0 Å². The molecular formula is C12H25N. The summed E-state index contributed by atoms with van der Waals surface area (Å²) < 4.78 is 0. The SMILES string of the molecule is CC(C)(C)CC1CN(C(C)(C)C)C1. The maximum absolute atomic E-state index is 2.57. The zero-order chi connectivity index (χ0) is 10.3. The van der Waals surface area contributed by atoms with Crippen LogP contribution in [-0.4, -0.2) is 23.5 Å². The van der Waals surface area contributed by atoms with Crippen LogP contribution in [0.5, 0.6) is 0 Å². The van der Waals surface area contributed by atoms with Crippen LogP contribution in [0.4, 0.5) is 0 Å². The second-order valence-corrected chi connectivity index (χ2v) is 6.71. The number of likely N-dealkylation sites (tertiary alicyclic amines) is 1. The monoisotopic (exact) mass is 183 g/mol. The molecule has 0 N–H and O–H groups in total. The highest BCUT2D eigenvalue weighted by atomic mass is 15.2. The predicted molar refractivity (Wildman–Crippen MR) is 58.9 cm³/mol. The van der Waals surface area contributed by atoms with Crippen molar-refractivity contribution in [2.45, 2.75) is 53.5 Å². The maximum Gasteiger partial charge on any atom is 0.0125 e. The molecule has 0 amide bonds. The summed E-state index contributed by atoms with van der Waals surface area (Å²) in [5.41, 5.74) is 0.892. The van der Waals surface area contributed by atoms with E-state index in [0.717, 1.165) is 5.92 Å². The van der Waals surface area contributed by atoms with Gasteiger partial charge in [-0.15, -0.1) is 0 Å². The van der Waals surface area contributed by atoms with E-state index in [1.165, 1.54) is 19.5 Å². The van der Waals surface area contributed by atoms with Gasteiger partial charge in [0.15, 0.2) is 0 Å². The third kappa shape index (κ3) is 3.30. The van der Waals surface area contributed by atoms with Crippen molar-refractivity contribution in [2.75, 3.05) is 13.1 Å². The molecule has 0 radical (unpaired) electrons. The quantitative estimate of drug-likeness (QED) is 0.603. The molecule has 0 atom stereocenters. The molecule has 0 aliphatic carbocycles. The molecule has 0 aromatic carbocycles. The van der Waals surface area contributed by atoms with Gasteiger partial charge in [-0.05, 0) is 38.5 Å². The lowest BCUT2D eigenvalue weighted by Gasteiger charge is -2.49. The smallest absolute Gasteiger partial charge is 0.0125 e. The Morgan fingerprint density at radius 3 is 1.77 bits per heavy atom. The molecule has 0 bridgehead atoms. The number of hydrogen-bond acceptors (Lipinski definition) is 1. The van der Waals surface area contributed by atoms with Crippen molar-refractivity contribution in [1.82, 2.24) is 4.90 Å². The minimum Gasteiger partial charge on any atom is -0.298 e. The van der Waals surface area contributed by atoms with Gasteiger partial charge in [0.05, 0.1) is 0 Å². The number of rotatable bonds is 1. The van der Waals surface area contributed by atoms with Crippen LogP contribution in [0.15, 0.2) is 0 Å². The molecule has 1 fully saturated rings. The molecule has 1 heterocycles. The van der Waals surface area contributed by atoms with Gasteiger partial charge in [0, 0.05) is 18.6 Å². The molecule has 0 aromatic rings. The lowest BCUT2D eigenvalue weighted by molar-refractivity contribution is -0.00290. The fourth-order valence-corrected chi connectivity index (χ4v) is 2.11. The minimum atomic E-state index is 0.383. The molecule has 0 unspecified atom stereocenters. The van der Waals surface area contributed by atoms with Gasteiger partial charge in [0.25, 0.3) is 0 Å². The van der Waals surface area contributed by atoms with Crippen LogP contribution in [0.1, 0.15) is 48.0 Å².